The van der Waals surface area contributed by atoms with Crippen molar-refractivity contribution in [2.75, 3.05) is 6.61 Å². The number of ether oxygens (including phenoxy) is 3. The predicted octanol–water partition coefficient (Wildman–Crippen LogP) is 10.6. The van der Waals surface area contributed by atoms with E-state index >= 15 is 0 Å². The van der Waals surface area contributed by atoms with E-state index in [0.717, 1.165) is 48.8 Å². The highest BCUT2D eigenvalue weighted by atomic mass is 19.1. The maximum Gasteiger partial charge on any atom is 0.343 e. The third kappa shape index (κ3) is 12.1. The molecule has 3 aromatic rings. The minimum Gasteiger partial charge on any atom is -0.494 e. The van der Waals surface area contributed by atoms with Gasteiger partial charge in [0.2, 0.25) is 0 Å². The van der Waals surface area contributed by atoms with E-state index in [0.29, 0.717) is 17.9 Å². The van der Waals surface area contributed by atoms with Crippen LogP contribution in [-0.4, -0.2) is 18.5 Å². The van der Waals surface area contributed by atoms with Crippen molar-refractivity contribution in [1.82, 2.24) is 0 Å². The average Bonchev–Trinajstić information content (AvgIpc) is 3.01. The van der Waals surface area contributed by atoms with Crippen LogP contribution in [0.3, 0.4) is 0 Å². The molecule has 0 amide bonds. The van der Waals surface area contributed by atoms with Crippen LogP contribution in [0.15, 0.2) is 66.7 Å². The Hall–Kier alpha value is -3.67. The zero-order valence-electron chi connectivity index (χ0n) is 26.9. The Morgan fingerprint density at radius 2 is 1.27 bits per heavy atom. The van der Waals surface area contributed by atoms with E-state index < -0.39 is 17.8 Å². The van der Waals surface area contributed by atoms with Crippen LogP contribution in [0.4, 0.5) is 4.39 Å². The van der Waals surface area contributed by atoms with Crippen LogP contribution >= 0.6 is 0 Å². The van der Waals surface area contributed by atoms with Crippen LogP contribution in [0.1, 0.15) is 109 Å². The van der Waals surface area contributed by atoms with E-state index in [4.69, 9.17) is 14.2 Å². The first-order chi connectivity index (χ1) is 21.3. The van der Waals surface area contributed by atoms with Crippen molar-refractivity contribution in [2.45, 2.75) is 98.3 Å². The second-order valence-electron chi connectivity index (χ2n) is 12.1. The third-order valence-electron chi connectivity index (χ3n) is 7.72. The summed E-state index contributed by atoms with van der Waals surface area (Å²) in [4.78, 5) is 25.1. The molecule has 3 aromatic carbocycles. The molecule has 0 N–H and O–H groups in total. The predicted molar refractivity (Wildman–Crippen MR) is 175 cm³/mol. The van der Waals surface area contributed by atoms with Crippen LogP contribution in [0.5, 0.6) is 17.2 Å². The Morgan fingerprint density at radius 1 is 0.682 bits per heavy atom. The van der Waals surface area contributed by atoms with Gasteiger partial charge in [0, 0.05) is 6.07 Å². The Kier molecular flexibility index (Phi) is 14.9. The summed E-state index contributed by atoms with van der Waals surface area (Å²) in [6.45, 7) is 9.02. The van der Waals surface area contributed by atoms with Gasteiger partial charge in [-0.25, -0.2) is 9.18 Å². The molecule has 0 aliphatic heterocycles. The van der Waals surface area contributed by atoms with Gasteiger partial charge < -0.3 is 14.2 Å². The first-order valence-electron chi connectivity index (χ1n) is 16.3. The normalized spacial score (nSPS) is 11.8. The smallest absolute Gasteiger partial charge is 0.343 e. The molecule has 6 heteroatoms. The van der Waals surface area contributed by atoms with Crippen molar-refractivity contribution in [2.24, 2.45) is 11.8 Å². The molecule has 0 aliphatic rings. The summed E-state index contributed by atoms with van der Waals surface area (Å²) in [6, 6.07) is 18.8. The first-order valence-corrected chi connectivity index (χ1v) is 16.3. The van der Waals surface area contributed by atoms with Gasteiger partial charge in [-0.15, -0.1) is 0 Å². The lowest BCUT2D eigenvalue weighted by Crippen LogP contribution is -2.18. The number of unbranched alkanes of at least 4 members (excludes halogenated alkanes) is 7. The second kappa shape index (κ2) is 18.9. The lowest BCUT2D eigenvalue weighted by Gasteiger charge is -2.13. The maximum absolute atomic E-state index is 14.6. The van der Waals surface area contributed by atoms with Gasteiger partial charge in [-0.2, -0.15) is 0 Å². The lowest BCUT2D eigenvalue weighted by molar-refractivity contribution is -0.138. The largest absolute Gasteiger partial charge is 0.494 e. The Labute approximate surface area is 263 Å². The summed E-state index contributed by atoms with van der Waals surface area (Å²) in [7, 11) is 0. The fourth-order valence-electron chi connectivity index (χ4n) is 4.92. The van der Waals surface area contributed by atoms with Crippen molar-refractivity contribution in [3.05, 3.63) is 78.1 Å². The minimum absolute atomic E-state index is 0.0314. The molecular formula is C38H49FO5. The average molecular weight is 605 g/mol. The Morgan fingerprint density at radius 3 is 1.89 bits per heavy atom. The molecule has 1 unspecified atom stereocenters. The second-order valence-corrected chi connectivity index (χ2v) is 12.1. The molecule has 0 spiro atoms. The number of rotatable bonds is 19. The number of carbonyl (C=O) groups excluding carboxylic acids is 2. The molecule has 0 bridgehead atoms. The molecule has 1 atom stereocenters. The Bertz CT molecular complexity index is 1280. The minimum atomic E-state index is -0.765. The number of esters is 2. The topological polar surface area (TPSA) is 61.8 Å². The molecule has 44 heavy (non-hydrogen) atoms. The van der Waals surface area contributed by atoms with Crippen molar-refractivity contribution in [3.8, 4) is 28.4 Å². The van der Waals surface area contributed by atoms with Gasteiger partial charge in [-0.05, 0) is 66.3 Å². The molecule has 238 valence electrons. The highest BCUT2D eigenvalue weighted by Gasteiger charge is 2.18. The highest BCUT2D eigenvalue weighted by Crippen LogP contribution is 2.26. The van der Waals surface area contributed by atoms with Crippen molar-refractivity contribution in [1.29, 1.82) is 0 Å². The van der Waals surface area contributed by atoms with E-state index in [9.17, 15) is 14.0 Å². The third-order valence-corrected chi connectivity index (χ3v) is 7.72. The fourth-order valence-corrected chi connectivity index (χ4v) is 4.92. The monoisotopic (exact) mass is 604 g/mol. The van der Waals surface area contributed by atoms with Crippen LogP contribution in [0.25, 0.3) is 11.1 Å². The van der Waals surface area contributed by atoms with Gasteiger partial charge in [0.15, 0.2) is 11.6 Å². The SMILES string of the molecule is CCCCCCCCCCOc1ccc(-c2ccc(C(=O)Oc3ccc(OC(=O)C(C)CCCC(C)C)c(F)c3)cc2)cc1. The number of halogens is 1. The van der Waals surface area contributed by atoms with Crippen LogP contribution in [0, 0.1) is 17.7 Å². The van der Waals surface area contributed by atoms with E-state index in [1.165, 1.54) is 57.1 Å². The molecular weight excluding hydrogens is 555 g/mol. The summed E-state index contributed by atoms with van der Waals surface area (Å²) in [5, 5.41) is 0. The van der Waals surface area contributed by atoms with Gasteiger partial charge in [-0.3, -0.25) is 4.79 Å². The number of benzene rings is 3. The Balaban J connectivity index is 1.44. The number of hydrogen-bond acceptors (Lipinski definition) is 5. The fraction of sp³-hybridized carbons (Fsp3) is 0.474. The summed E-state index contributed by atoms with van der Waals surface area (Å²) in [5.74, 6) is -0.911. The van der Waals surface area contributed by atoms with Gasteiger partial charge in [-0.1, -0.05) is 110 Å². The van der Waals surface area contributed by atoms with Gasteiger partial charge in [0.05, 0.1) is 18.1 Å². The van der Waals surface area contributed by atoms with Gasteiger partial charge in [0.25, 0.3) is 0 Å². The summed E-state index contributed by atoms with van der Waals surface area (Å²) < 4.78 is 31.2. The van der Waals surface area contributed by atoms with Crippen molar-refractivity contribution in [3.63, 3.8) is 0 Å². The molecule has 0 heterocycles. The molecule has 0 radical (unpaired) electrons. The van der Waals surface area contributed by atoms with Crippen LogP contribution in [0.2, 0.25) is 0 Å². The van der Waals surface area contributed by atoms with Gasteiger partial charge >= 0.3 is 11.9 Å². The van der Waals surface area contributed by atoms with Gasteiger partial charge in [0.1, 0.15) is 11.5 Å². The van der Waals surface area contributed by atoms with E-state index in [1.807, 2.05) is 36.4 Å². The first kappa shape index (κ1) is 34.8. The van der Waals surface area contributed by atoms with E-state index in [2.05, 4.69) is 20.8 Å². The quantitative estimate of drug-likeness (QED) is 0.0774. The zero-order chi connectivity index (χ0) is 31.7. The zero-order valence-corrected chi connectivity index (χ0v) is 26.9. The summed E-state index contributed by atoms with van der Waals surface area (Å²) >= 11 is 0. The number of hydrogen-bond donors (Lipinski definition) is 0. The van der Waals surface area contributed by atoms with Crippen LogP contribution < -0.4 is 14.2 Å². The van der Waals surface area contributed by atoms with Crippen molar-refractivity contribution >= 4 is 11.9 Å². The van der Waals surface area contributed by atoms with E-state index in [1.54, 1.807) is 19.1 Å². The van der Waals surface area contributed by atoms with Crippen LogP contribution in [-0.2, 0) is 4.79 Å². The maximum atomic E-state index is 14.6. The van der Waals surface area contributed by atoms with Crippen molar-refractivity contribution < 1.29 is 28.2 Å². The highest BCUT2D eigenvalue weighted by molar-refractivity contribution is 5.91. The number of carbonyl (C=O) groups is 2. The molecule has 5 nitrogen and oxygen atoms in total. The summed E-state index contributed by atoms with van der Waals surface area (Å²) in [6.07, 6.45) is 12.8. The molecule has 3 rings (SSSR count). The lowest BCUT2D eigenvalue weighted by atomic mass is 10.00. The standard InChI is InChI=1S/C38H49FO5/c1-5-6-7-8-9-10-11-12-26-42-33-22-20-31(21-23-33)30-16-18-32(19-17-30)38(41)43-34-24-25-36(35(39)27-34)44-37(40)29(4)15-13-14-28(2)3/h16-25,27-29H,5-15,26H2,1-4H3. The molecule has 0 saturated heterocycles. The molecule has 0 saturated carbocycles. The molecule has 0 fully saturated rings. The molecule has 0 aromatic heterocycles. The summed E-state index contributed by atoms with van der Waals surface area (Å²) in [5.41, 5.74) is 2.29. The van der Waals surface area contributed by atoms with E-state index in [-0.39, 0.29) is 17.4 Å². The molecule has 0 aliphatic carbocycles.